The Hall–Kier alpha value is -7.08. The number of rotatable bonds is 0. The molecule has 0 unspecified atom stereocenters. The predicted molar refractivity (Wildman–Crippen MR) is 207 cm³/mol. The number of hydrogen-bond acceptors (Lipinski definition) is 12. The van der Waals surface area contributed by atoms with Crippen molar-refractivity contribution in [2.45, 2.75) is 52.4 Å². The maximum atomic E-state index is 10.9. The molecule has 12 bridgehead atoms. The van der Waals surface area contributed by atoms with Gasteiger partial charge in [-0.2, -0.15) is 0 Å². The predicted octanol–water partition coefficient (Wildman–Crippen LogP) is 7.04. The Kier molecular flexibility index (Phi) is 10.6. The number of phenolic OH excluding ortho intramolecular Hbond substituents is 12. The van der Waals surface area contributed by atoms with E-state index in [4.69, 9.17) is 0 Å². The van der Waals surface area contributed by atoms with Crippen molar-refractivity contribution in [2.24, 2.45) is 0 Å². The molecule has 22 rings (SSSR count). The second kappa shape index (κ2) is 15.3. The Labute approximate surface area is 321 Å². The van der Waals surface area contributed by atoms with Crippen LogP contribution in [-0.2, 0) is 38.5 Å². The average molecular weight is 763 g/mol. The first kappa shape index (κ1) is 38.6. The molecule has 0 spiro atoms. The minimum absolute atomic E-state index is 0.104. The summed E-state index contributed by atoms with van der Waals surface area (Å²) in [6.45, 7) is 4.00. The first-order valence-corrected chi connectivity index (χ1v) is 17.9. The molecular formula is C44H42O12. The molecule has 12 heteroatoms. The topological polar surface area (TPSA) is 243 Å². The van der Waals surface area contributed by atoms with Gasteiger partial charge in [0.1, 0.15) is 69.0 Å². The van der Waals surface area contributed by atoms with Gasteiger partial charge in [0, 0.05) is 105 Å². The molecule has 0 aromatic heterocycles. The maximum Gasteiger partial charge on any atom is 0.119 e. The molecule has 0 radical (unpaired) electrons. The van der Waals surface area contributed by atoms with Gasteiger partial charge >= 0.3 is 0 Å². The lowest BCUT2D eigenvalue weighted by Gasteiger charge is -2.16. The molecule has 0 amide bonds. The van der Waals surface area contributed by atoms with Crippen molar-refractivity contribution in [1.29, 1.82) is 0 Å². The van der Waals surface area contributed by atoms with Gasteiger partial charge in [-0.3, -0.25) is 0 Å². The second-order valence-corrected chi connectivity index (χ2v) is 13.7. The van der Waals surface area contributed by atoms with E-state index in [0.717, 1.165) is 0 Å². The van der Waals surface area contributed by atoms with E-state index < -0.39 is 0 Å². The van der Waals surface area contributed by atoms with E-state index in [1.165, 1.54) is 72.8 Å². The summed E-state index contributed by atoms with van der Waals surface area (Å²) in [6, 6.07) is 15.5. The zero-order valence-corrected chi connectivity index (χ0v) is 30.5. The van der Waals surface area contributed by atoms with Crippen LogP contribution < -0.4 is 0 Å². The Morgan fingerprint density at radius 3 is 0.339 bits per heavy atom. The molecule has 6 aromatic carbocycles. The average Bonchev–Trinajstić information content (AvgIpc) is 3.14. The summed E-state index contributed by atoms with van der Waals surface area (Å²) in [6.07, 6.45) is -0.622. The summed E-state index contributed by atoms with van der Waals surface area (Å²) in [5.74, 6) is -2.95. The van der Waals surface area contributed by atoms with Gasteiger partial charge in [-0.1, -0.05) is 13.8 Å². The van der Waals surface area contributed by atoms with E-state index in [-0.39, 0.29) is 174 Å². The van der Waals surface area contributed by atoms with Crippen molar-refractivity contribution < 1.29 is 61.3 Å². The smallest absolute Gasteiger partial charge is 0.119 e. The summed E-state index contributed by atoms with van der Waals surface area (Å²) < 4.78 is 0. The lowest BCUT2D eigenvalue weighted by molar-refractivity contribution is 0.439. The van der Waals surface area contributed by atoms with Gasteiger partial charge in [-0.25, -0.2) is 0 Å². The standard InChI is InChI=1S/C42H36O12.C2H6/c43-31-9-21-2-23-11-37(49)25(13-35(23)47)4-27-15-41(53)29(17-39(27)51)6-30-18-40(52)28(16-42(30)54)5-26-14-36(48)24(12-38(26)50)3-22-10-32(44)20(8-34(22)46)1-19(31)7-33(21)45;1-2/h7-18,43-54H,1-6H2;1-2H3. The van der Waals surface area contributed by atoms with Crippen molar-refractivity contribution in [2.75, 3.05) is 0 Å². The highest BCUT2D eigenvalue weighted by atomic mass is 16.3. The number of phenols is 12. The molecule has 16 aliphatic carbocycles. The molecule has 0 atom stereocenters. The van der Waals surface area contributed by atoms with Crippen molar-refractivity contribution in [1.82, 2.24) is 0 Å². The Balaban J connectivity index is 0.00000262. The van der Waals surface area contributed by atoms with Gasteiger partial charge in [0.05, 0.1) is 0 Å². The minimum Gasteiger partial charge on any atom is -0.508 e. The summed E-state index contributed by atoms with van der Waals surface area (Å²) in [5.41, 5.74) is 2.52. The van der Waals surface area contributed by atoms with Crippen LogP contribution in [0.1, 0.15) is 80.6 Å². The van der Waals surface area contributed by atoms with Gasteiger partial charge in [0.25, 0.3) is 0 Å². The van der Waals surface area contributed by atoms with E-state index in [1.807, 2.05) is 13.8 Å². The van der Waals surface area contributed by atoms with Crippen LogP contribution in [-0.4, -0.2) is 61.3 Å². The third kappa shape index (κ3) is 7.76. The first-order chi connectivity index (χ1) is 26.6. The number of hydrogen-bond donors (Lipinski definition) is 12. The third-order valence-electron chi connectivity index (χ3n) is 9.96. The lowest BCUT2D eigenvalue weighted by Crippen LogP contribution is -1.99. The van der Waals surface area contributed by atoms with Crippen LogP contribution in [0.25, 0.3) is 0 Å². The molecule has 0 fully saturated rings. The third-order valence-corrected chi connectivity index (χ3v) is 9.96. The van der Waals surface area contributed by atoms with Gasteiger partial charge in [-0.15, -0.1) is 0 Å². The molecule has 0 saturated heterocycles. The summed E-state index contributed by atoms with van der Waals surface area (Å²) in [4.78, 5) is 0. The van der Waals surface area contributed by atoms with Crippen LogP contribution in [0.3, 0.4) is 0 Å². The quantitative estimate of drug-likeness (QED) is 0.0697. The van der Waals surface area contributed by atoms with E-state index >= 15 is 0 Å². The van der Waals surface area contributed by atoms with Gasteiger partial charge < -0.3 is 61.3 Å². The summed E-state index contributed by atoms with van der Waals surface area (Å²) in [5, 5.41) is 131. The Bertz CT molecular complexity index is 1880. The van der Waals surface area contributed by atoms with Crippen LogP contribution in [0.2, 0.25) is 0 Å². The Morgan fingerprint density at radius 1 is 0.196 bits per heavy atom. The molecule has 0 saturated carbocycles. The van der Waals surface area contributed by atoms with Crippen LogP contribution >= 0.6 is 0 Å². The highest BCUT2D eigenvalue weighted by Crippen LogP contribution is 2.41. The fourth-order valence-electron chi connectivity index (χ4n) is 6.91. The van der Waals surface area contributed by atoms with Crippen LogP contribution in [0.15, 0.2) is 72.8 Å². The number of benzene rings is 6. The molecule has 12 nitrogen and oxygen atoms in total. The van der Waals surface area contributed by atoms with E-state index in [9.17, 15) is 61.3 Å². The highest BCUT2D eigenvalue weighted by molar-refractivity contribution is 5.58. The fraction of sp³-hybridized carbons (Fsp3) is 0.182. The van der Waals surface area contributed by atoms with Crippen molar-refractivity contribution >= 4 is 0 Å². The normalized spacial score (nSPS) is 12.5. The van der Waals surface area contributed by atoms with Crippen molar-refractivity contribution in [3.63, 3.8) is 0 Å². The highest BCUT2D eigenvalue weighted by Gasteiger charge is 2.21. The SMILES string of the molecule is CC.Oc1cc2c(O)cc1Cc1cc(O)c(cc1O)Cc1cc(O)c(cc1O)Cc1cc(O)c(cc1O)Cc1cc(O)c(cc1O)Cc1cc(O)c(cc1O)C2. The molecule has 290 valence electrons. The zero-order valence-electron chi connectivity index (χ0n) is 30.5. The molecule has 16 aliphatic rings. The maximum absolute atomic E-state index is 10.9. The van der Waals surface area contributed by atoms with E-state index in [1.54, 1.807) is 0 Å². The molecular weight excluding hydrogens is 720 g/mol. The Morgan fingerprint density at radius 2 is 0.268 bits per heavy atom. The molecule has 6 aromatic rings. The molecule has 0 heterocycles. The van der Waals surface area contributed by atoms with E-state index in [0.29, 0.717) is 0 Å². The molecule has 0 aliphatic heterocycles. The van der Waals surface area contributed by atoms with Crippen molar-refractivity contribution in [3.8, 4) is 69.0 Å². The molecule has 12 N–H and O–H groups in total. The fourth-order valence-corrected chi connectivity index (χ4v) is 6.91. The minimum atomic E-state index is -0.246. The summed E-state index contributed by atoms with van der Waals surface area (Å²) >= 11 is 0. The van der Waals surface area contributed by atoms with Gasteiger partial charge in [0.15, 0.2) is 0 Å². The van der Waals surface area contributed by atoms with Crippen LogP contribution in [0.5, 0.6) is 69.0 Å². The summed E-state index contributed by atoms with van der Waals surface area (Å²) in [7, 11) is 0. The number of aromatic hydroxyl groups is 12. The second-order valence-electron chi connectivity index (χ2n) is 13.7. The molecule has 56 heavy (non-hydrogen) atoms. The largest absolute Gasteiger partial charge is 0.508 e. The van der Waals surface area contributed by atoms with Crippen molar-refractivity contribution in [3.05, 3.63) is 140 Å². The zero-order chi connectivity index (χ0) is 40.6. The van der Waals surface area contributed by atoms with Gasteiger partial charge in [0.2, 0.25) is 0 Å². The lowest BCUT2D eigenvalue weighted by atomic mass is 9.93. The first-order valence-electron chi connectivity index (χ1n) is 17.9. The monoisotopic (exact) mass is 762 g/mol. The van der Waals surface area contributed by atoms with Crippen LogP contribution in [0.4, 0.5) is 0 Å². The van der Waals surface area contributed by atoms with E-state index in [2.05, 4.69) is 0 Å². The van der Waals surface area contributed by atoms with Gasteiger partial charge in [-0.05, 0) is 72.8 Å². The van der Waals surface area contributed by atoms with Crippen LogP contribution in [0, 0.1) is 0 Å².